The van der Waals surface area contributed by atoms with Gasteiger partial charge in [-0.05, 0) is 20.3 Å². The van der Waals surface area contributed by atoms with E-state index in [1.807, 2.05) is 25.3 Å². The molecule has 0 aliphatic carbocycles. The minimum Gasteiger partial charge on any atom is -0.383 e. The van der Waals surface area contributed by atoms with E-state index in [1.54, 1.807) is 19.2 Å². The van der Waals surface area contributed by atoms with Crippen LogP contribution in [-0.2, 0) is 18.3 Å². The third kappa shape index (κ3) is 2.58. The molecule has 0 bridgehead atoms. The lowest BCUT2D eigenvalue weighted by molar-refractivity contribution is 0.204. The highest BCUT2D eigenvalue weighted by Crippen LogP contribution is 2.29. The second-order valence-electron chi connectivity index (χ2n) is 6.29. The van der Waals surface area contributed by atoms with Gasteiger partial charge in [0.25, 0.3) is 5.56 Å². The van der Waals surface area contributed by atoms with Gasteiger partial charge in [0.2, 0.25) is 5.95 Å². The molecule has 0 radical (unpaired) electrons. The van der Waals surface area contributed by atoms with Gasteiger partial charge in [0, 0.05) is 20.7 Å². The molecule has 0 aromatic carbocycles. The van der Waals surface area contributed by atoms with Crippen molar-refractivity contribution in [3.05, 3.63) is 20.8 Å². The summed E-state index contributed by atoms with van der Waals surface area (Å²) in [5.74, 6) is 0.562. The van der Waals surface area contributed by atoms with Gasteiger partial charge in [-0.1, -0.05) is 6.92 Å². The first-order chi connectivity index (χ1) is 11.9. The Morgan fingerprint density at radius 3 is 2.60 bits per heavy atom. The number of hydrazone groups is 1. The molecule has 2 aromatic heterocycles. The van der Waals surface area contributed by atoms with Crippen LogP contribution in [0, 0.1) is 0 Å². The highest BCUT2D eigenvalue weighted by Gasteiger charge is 2.30. The maximum Gasteiger partial charge on any atom is 0.332 e. The molecule has 0 saturated heterocycles. The molecule has 1 aliphatic heterocycles. The van der Waals surface area contributed by atoms with Crippen LogP contribution in [0.4, 0.5) is 5.95 Å². The number of aromatic nitrogens is 4. The van der Waals surface area contributed by atoms with E-state index in [2.05, 4.69) is 10.1 Å². The van der Waals surface area contributed by atoms with Crippen LogP contribution in [0.3, 0.4) is 0 Å². The van der Waals surface area contributed by atoms with Crippen molar-refractivity contribution in [1.29, 1.82) is 0 Å². The van der Waals surface area contributed by atoms with Crippen molar-refractivity contribution in [2.24, 2.45) is 12.1 Å². The number of methoxy groups -OCH3 is 1. The first-order valence-electron chi connectivity index (χ1n) is 8.45. The quantitative estimate of drug-likeness (QED) is 0.794. The Bertz CT molecular complexity index is 951. The van der Waals surface area contributed by atoms with Gasteiger partial charge in [0.15, 0.2) is 11.2 Å². The first-order valence-corrected chi connectivity index (χ1v) is 8.45. The van der Waals surface area contributed by atoms with Crippen molar-refractivity contribution >= 4 is 22.8 Å². The molecule has 0 N–H and O–H groups in total. The van der Waals surface area contributed by atoms with Gasteiger partial charge >= 0.3 is 5.69 Å². The lowest BCUT2D eigenvalue weighted by Gasteiger charge is -2.28. The molecule has 136 valence electrons. The number of ether oxygens (including phenoxy) is 1. The lowest BCUT2D eigenvalue weighted by Crippen LogP contribution is -2.40. The van der Waals surface area contributed by atoms with Crippen LogP contribution in [0.15, 0.2) is 14.7 Å². The highest BCUT2D eigenvalue weighted by molar-refractivity contribution is 5.91. The van der Waals surface area contributed by atoms with Gasteiger partial charge in [-0.3, -0.25) is 18.5 Å². The van der Waals surface area contributed by atoms with Crippen LogP contribution in [0.2, 0.25) is 0 Å². The Balaban J connectivity index is 2.34. The summed E-state index contributed by atoms with van der Waals surface area (Å²) < 4.78 is 9.74. The molecule has 0 fully saturated rings. The molecular weight excluding hydrogens is 324 g/mol. The average molecular weight is 348 g/mol. The molecule has 1 aliphatic rings. The van der Waals surface area contributed by atoms with Crippen LogP contribution in [-0.4, -0.2) is 44.7 Å². The molecule has 9 heteroatoms. The minimum absolute atomic E-state index is 0.112. The predicted octanol–water partition coefficient (Wildman–Crippen LogP) is 0.710. The smallest absolute Gasteiger partial charge is 0.332 e. The van der Waals surface area contributed by atoms with Gasteiger partial charge in [-0.25, -0.2) is 9.80 Å². The SMILES string of the molecule is CCCn1c(=O)c2c(nc3n2[C@@H](C)C(C)=NN3CCOC)n(C)c1=O. The second kappa shape index (κ2) is 6.47. The van der Waals surface area contributed by atoms with E-state index in [-0.39, 0.29) is 17.3 Å². The van der Waals surface area contributed by atoms with E-state index < -0.39 is 0 Å². The van der Waals surface area contributed by atoms with Crippen LogP contribution in [0.5, 0.6) is 0 Å². The normalized spacial score (nSPS) is 17.1. The molecule has 9 nitrogen and oxygen atoms in total. The van der Waals surface area contributed by atoms with Gasteiger partial charge in [0.05, 0.1) is 24.9 Å². The molecule has 3 heterocycles. The maximum atomic E-state index is 13.0. The standard InChI is InChI=1S/C16H24N6O3/c1-6-7-20-14(23)12-13(19(4)16(20)24)17-15-21(8-9-25-5)18-10(2)11(3)22(12)15/h11H,6-9H2,1-5H3/t11-/m0/s1. The number of hydrogen-bond acceptors (Lipinski definition) is 6. The van der Waals surface area contributed by atoms with Crippen molar-refractivity contribution < 1.29 is 4.74 Å². The van der Waals surface area contributed by atoms with Crippen LogP contribution in [0.25, 0.3) is 11.2 Å². The van der Waals surface area contributed by atoms with Gasteiger partial charge in [0.1, 0.15) is 0 Å². The van der Waals surface area contributed by atoms with E-state index in [0.717, 1.165) is 5.71 Å². The van der Waals surface area contributed by atoms with Crippen LogP contribution in [0.1, 0.15) is 33.2 Å². The molecule has 0 unspecified atom stereocenters. The van der Waals surface area contributed by atoms with Crippen molar-refractivity contribution in [1.82, 2.24) is 18.7 Å². The van der Waals surface area contributed by atoms with Crippen molar-refractivity contribution in [2.45, 2.75) is 39.8 Å². The Morgan fingerprint density at radius 1 is 1.24 bits per heavy atom. The molecule has 25 heavy (non-hydrogen) atoms. The fraction of sp³-hybridized carbons (Fsp3) is 0.625. The average Bonchev–Trinajstić information content (AvgIpc) is 3.00. The summed E-state index contributed by atoms with van der Waals surface area (Å²) in [7, 11) is 3.27. The number of aryl methyl sites for hydroxylation is 1. The Labute approximate surface area is 145 Å². The summed E-state index contributed by atoms with van der Waals surface area (Å²) in [6.45, 7) is 7.22. The number of imidazole rings is 1. The summed E-state index contributed by atoms with van der Waals surface area (Å²) in [5.41, 5.74) is 1.06. The Morgan fingerprint density at radius 2 is 1.96 bits per heavy atom. The Kier molecular flexibility index (Phi) is 4.51. The van der Waals surface area contributed by atoms with Gasteiger partial charge in [-0.2, -0.15) is 10.1 Å². The lowest BCUT2D eigenvalue weighted by atomic mass is 10.2. The van der Waals surface area contributed by atoms with Gasteiger partial charge in [-0.15, -0.1) is 0 Å². The largest absolute Gasteiger partial charge is 0.383 e. The number of hydrogen-bond donors (Lipinski definition) is 0. The Hall–Kier alpha value is -2.42. The predicted molar refractivity (Wildman–Crippen MR) is 96.6 cm³/mol. The summed E-state index contributed by atoms with van der Waals surface area (Å²) in [6, 6.07) is -0.112. The zero-order chi connectivity index (χ0) is 18.3. The van der Waals surface area contributed by atoms with Gasteiger partial charge < -0.3 is 4.74 Å². The minimum atomic E-state index is -0.344. The molecule has 0 spiro atoms. The number of anilines is 1. The third-order valence-corrected chi connectivity index (χ3v) is 4.61. The third-order valence-electron chi connectivity index (χ3n) is 4.61. The molecule has 3 rings (SSSR count). The summed E-state index contributed by atoms with van der Waals surface area (Å²) in [4.78, 5) is 30.1. The van der Waals surface area contributed by atoms with E-state index >= 15 is 0 Å². The van der Waals surface area contributed by atoms with Crippen molar-refractivity contribution in [3.8, 4) is 0 Å². The van der Waals surface area contributed by atoms with Crippen molar-refractivity contribution in [2.75, 3.05) is 25.3 Å². The fourth-order valence-electron chi connectivity index (χ4n) is 3.13. The van der Waals surface area contributed by atoms with E-state index in [4.69, 9.17) is 4.74 Å². The van der Waals surface area contributed by atoms with Crippen LogP contribution >= 0.6 is 0 Å². The first kappa shape index (κ1) is 17.4. The number of fused-ring (bicyclic) bond motifs is 3. The fourth-order valence-corrected chi connectivity index (χ4v) is 3.13. The van der Waals surface area contributed by atoms with E-state index in [1.165, 1.54) is 9.13 Å². The highest BCUT2D eigenvalue weighted by atomic mass is 16.5. The molecule has 1 atom stereocenters. The summed E-state index contributed by atoms with van der Waals surface area (Å²) in [6.07, 6.45) is 0.706. The molecular formula is C16H24N6O3. The zero-order valence-corrected chi connectivity index (χ0v) is 15.3. The number of rotatable bonds is 5. The summed E-state index contributed by atoms with van der Waals surface area (Å²) >= 11 is 0. The van der Waals surface area contributed by atoms with E-state index in [0.29, 0.717) is 43.2 Å². The molecule has 0 amide bonds. The van der Waals surface area contributed by atoms with Crippen LogP contribution < -0.4 is 16.3 Å². The topological polar surface area (TPSA) is 86.7 Å². The molecule has 0 saturated carbocycles. The second-order valence-corrected chi connectivity index (χ2v) is 6.29. The van der Waals surface area contributed by atoms with E-state index in [9.17, 15) is 9.59 Å². The maximum absolute atomic E-state index is 13.0. The molecule has 2 aromatic rings. The number of nitrogens with zero attached hydrogens (tertiary/aromatic N) is 6. The zero-order valence-electron chi connectivity index (χ0n) is 15.3. The van der Waals surface area contributed by atoms with Crippen molar-refractivity contribution in [3.63, 3.8) is 0 Å². The summed E-state index contributed by atoms with van der Waals surface area (Å²) in [5, 5.41) is 6.30. The monoisotopic (exact) mass is 348 g/mol.